The lowest BCUT2D eigenvalue weighted by molar-refractivity contribution is 1.07. The third-order valence-electron chi connectivity index (χ3n) is 9.88. The number of anilines is 3. The van der Waals surface area contributed by atoms with E-state index in [1.165, 1.54) is 4.90 Å². The van der Waals surface area contributed by atoms with Crippen molar-refractivity contribution >= 4 is 50.6 Å². The van der Waals surface area contributed by atoms with Crippen LogP contribution in [0.2, 0.25) is 0 Å². The summed E-state index contributed by atoms with van der Waals surface area (Å²) in [4.78, 5) is 19.2. The zero-order chi connectivity index (χ0) is 36.9. The van der Waals surface area contributed by atoms with Crippen LogP contribution in [0.25, 0.3) is 61.7 Å². The Morgan fingerprint density at radius 3 is 1.67 bits per heavy atom. The summed E-state index contributed by atoms with van der Waals surface area (Å²) in [5.74, 6) is 1.17. The molecular formula is C47H27N7S. The summed E-state index contributed by atoms with van der Waals surface area (Å²) < 4.78 is 2.16. The topological polar surface area (TPSA) is 94.4 Å². The normalized spacial score (nSPS) is 11.9. The van der Waals surface area contributed by atoms with E-state index in [-0.39, 0.29) is 17.0 Å². The number of rotatable bonds is 5. The molecule has 0 spiro atoms. The molecule has 9 aromatic rings. The summed E-state index contributed by atoms with van der Waals surface area (Å²) >= 11 is 1.76. The minimum atomic E-state index is 0.262. The lowest BCUT2D eigenvalue weighted by Gasteiger charge is -2.33. The number of benzene rings is 7. The molecule has 0 saturated carbocycles. The van der Waals surface area contributed by atoms with Crippen LogP contribution < -0.4 is 4.90 Å². The number of nitriles is 2. The van der Waals surface area contributed by atoms with Gasteiger partial charge in [0.05, 0.1) is 39.1 Å². The fourth-order valence-electron chi connectivity index (χ4n) is 7.44. The second-order valence-electron chi connectivity index (χ2n) is 13.1. The van der Waals surface area contributed by atoms with E-state index in [9.17, 15) is 10.5 Å². The average Bonchev–Trinajstić information content (AvgIpc) is 3.58. The Balaban J connectivity index is 1.21. The van der Waals surface area contributed by atoms with Crippen molar-refractivity contribution < 1.29 is 0 Å². The molecule has 55 heavy (non-hydrogen) atoms. The SMILES string of the molecule is N#Cc1cc(-n2c3ccccc3c3cc4c(cc32)N(c2ccccc2)c2ccccc2S4)cc(C#N)c1-c1nc(-c2ccccc2)nc(-c2ccccc2)n1. The van der Waals surface area contributed by atoms with Crippen LogP contribution >= 0.6 is 11.8 Å². The van der Waals surface area contributed by atoms with E-state index in [2.05, 4.69) is 94.4 Å². The fourth-order valence-corrected chi connectivity index (χ4v) is 8.52. The summed E-state index contributed by atoms with van der Waals surface area (Å²) in [6.07, 6.45) is 0. The predicted molar refractivity (Wildman–Crippen MR) is 219 cm³/mol. The molecule has 0 amide bonds. The summed E-state index contributed by atoms with van der Waals surface area (Å²) in [5, 5.41) is 23.7. The minimum Gasteiger partial charge on any atom is -0.309 e. The van der Waals surface area contributed by atoms with E-state index in [4.69, 9.17) is 15.0 Å². The van der Waals surface area contributed by atoms with Crippen LogP contribution in [0.3, 0.4) is 0 Å². The van der Waals surface area contributed by atoms with E-state index < -0.39 is 0 Å². The van der Waals surface area contributed by atoms with Gasteiger partial charge in [-0.3, -0.25) is 0 Å². The van der Waals surface area contributed by atoms with Crippen molar-refractivity contribution in [2.24, 2.45) is 0 Å². The predicted octanol–water partition coefficient (Wildman–Crippen LogP) is 11.6. The maximum absolute atomic E-state index is 10.8. The van der Waals surface area contributed by atoms with Gasteiger partial charge in [0.1, 0.15) is 12.1 Å². The van der Waals surface area contributed by atoms with E-state index in [0.29, 0.717) is 22.9 Å². The first-order valence-corrected chi connectivity index (χ1v) is 18.6. The second-order valence-corrected chi connectivity index (χ2v) is 14.2. The molecule has 8 heteroatoms. The van der Waals surface area contributed by atoms with Crippen molar-refractivity contribution in [1.82, 2.24) is 19.5 Å². The third-order valence-corrected chi connectivity index (χ3v) is 11.0. The van der Waals surface area contributed by atoms with Crippen LogP contribution in [0.15, 0.2) is 174 Å². The number of fused-ring (bicyclic) bond motifs is 5. The molecule has 256 valence electrons. The van der Waals surface area contributed by atoms with E-state index in [0.717, 1.165) is 54.9 Å². The highest BCUT2D eigenvalue weighted by atomic mass is 32.2. The Bertz CT molecular complexity index is 2940. The maximum Gasteiger partial charge on any atom is 0.166 e. The molecule has 7 aromatic carbocycles. The number of aromatic nitrogens is 4. The summed E-state index contributed by atoms with van der Waals surface area (Å²) in [5.41, 5.74) is 8.39. The molecule has 0 saturated heterocycles. The van der Waals surface area contributed by atoms with E-state index in [1.54, 1.807) is 11.8 Å². The summed E-state index contributed by atoms with van der Waals surface area (Å²) in [7, 11) is 0. The van der Waals surface area contributed by atoms with Gasteiger partial charge >= 0.3 is 0 Å². The number of hydrogen-bond donors (Lipinski definition) is 0. The van der Waals surface area contributed by atoms with Crippen molar-refractivity contribution in [3.8, 4) is 52.0 Å². The second kappa shape index (κ2) is 13.2. The molecular weight excluding hydrogens is 695 g/mol. The van der Waals surface area contributed by atoms with Gasteiger partial charge in [-0.2, -0.15) is 10.5 Å². The zero-order valence-corrected chi connectivity index (χ0v) is 29.9. The molecule has 0 N–H and O–H groups in total. The Morgan fingerprint density at radius 1 is 0.455 bits per heavy atom. The van der Waals surface area contributed by atoms with Crippen LogP contribution in [0.1, 0.15) is 11.1 Å². The first kappa shape index (κ1) is 32.2. The molecule has 0 aliphatic carbocycles. The molecule has 0 radical (unpaired) electrons. The molecule has 3 heterocycles. The van der Waals surface area contributed by atoms with Gasteiger partial charge in [-0.1, -0.05) is 121 Å². The van der Waals surface area contributed by atoms with Gasteiger partial charge in [-0.25, -0.2) is 15.0 Å². The summed E-state index contributed by atoms with van der Waals surface area (Å²) in [6.45, 7) is 0. The fraction of sp³-hybridized carbons (Fsp3) is 0. The van der Waals surface area contributed by atoms with Crippen LogP contribution in [-0.2, 0) is 0 Å². The van der Waals surface area contributed by atoms with Crippen LogP contribution in [0, 0.1) is 22.7 Å². The molecule has 2 aromatic heterocycles. The van der Waals surface area contributed by atoms with Crippen LogP contribution in [0.4, 0.5) is 17.1 Å². The first-order chi connectivity index (χ1) is 27.2. The van der Waals surface area contributed by atoms with Crippen molar-refractivity contribution in [3.63, 3.8) is 0 Å². The quantitative estimate of drug-likeness (QED) is 0.175. The van der Waals surface area contributed by atoms with Crippen LogP contribution in [-0.4, -0.2) is 19.5 Å². The molecule has 1 aliphatic heterocycles. The van der Waals surface area contributed by atoms with Crippen molar-refractivity contribution in [2.75, 3.05) is 4.90 Å². The number of nitrogens with zero attached hydrogens (tertiary/aromatic N) is 7. The van der Waals surface area contributed by atoms with Crippen molar-refractivity contribution in [2.45, 2.75) is 9.79 Å². The number of para-hydroxylation sites is 3. The number of hydrogen-bond acceptors (Lipinski definition) is 7. The average molecular weight is 722 g/mol. The Hall–Kier alpha value is -7.52. The van der Waals surface area contributed by atoms with Gasteiger partial charge in [-0.15, -0.1) is 0 Å². The Morgan fingerprint density at radius 2 is 1.02 bits per heavy atom. The first-order valence-electron chi connectivity index (χ1n) is 17.7. The molecule has 10 rings (SSSR count). The molecule has 7 nitrogen and oxygen atoms in total. The van der Waals surface area contributed by atoms with E-state index >= 15 is 0 Å². The highest BCUT2D eigenvalue weighted by Gasteiger charge is 2.28. The lowest BCUT2D eigenvalue weighted by Crippen LogP contribution is -2.14. The molecule has 0 unspecified atom stereocenters. The minimum absolute atomic E-state index is 0.262. The molecule has 0 atom stereocenters. The lowest BCUT2D eigenvalue weighted by atomic mass is 9.99. The smallest absolute Gasteiger partial charge is 0.166 e. The molecule has 0 fully saturated rings. The Kier molecular flexibility index (Phi) is 7.69. The Labute approximate surface area is 321 Å². The molecule has 1 aliphatic rings. The van der Waals surface area contributed by atoms with Crippen molar-refractivity contribution in [1.29, 1.82) is 10.5 Å². The molecule has 0 bridgehead atoms. The monoisotopic (exact) mass is 721 g/mol. The van der Waals surface area contributed by atoms with Gasteiger partial charge in [0.15, 0.2) is 17.5 Å². The van der Waals surface area contributed by atoms with Gasteiger partial charge in [0.25, 0.3) is 0 Å². The standard InChI is InChI=1S/C47H27N7S/c48-28-32-24-35(25-33(29-49)44(32)47-51-45(30-14-4-1-5-15-30)50-46(52-47)31-16-6-2-7-17-31)54-38-21-11-10-20-36(38)37-26-43-41(27-40(37)54)53(34-18-8-3-9-19-34)39-22-12-13-23-42(39)55-43/h1-27H. The van der Waals surface area contributed by atoms with Gasteiger partial charge < -0.3 is 9.47 Å². The highest BCUT2D eigenvalue weighted by molar-refractivity contribution is 7.99. The maximum atomic E-state index is 10.8. The van der Waals surface area contributed by atoms with Crippen molar-refractivity contribution in [3.05, 3.63) is 175 Å². The van der Waals surface area contributed by atoms with Gasteiger partial charge in [-0.05, 0) is 54.6 Å². The highest BCUT2D eigenvalue weighted by Crippen LogP contribution is 2.53. The zero-order valence-electron chi connectivity index (χ0n) is 29.1. The van der Waals surface area contributed by atoms with Gasteiger partial charge in [0, 0.05) is 43.1 Å². The summed E-state index contributed by atoms with van der Waals surface area (Å²) in [6, 6.07) is 59.4. The van der Waals surface area contributed by atoms with E-state index in [1.807, 2.05) is 91.0 Å². The van der Waals surface area contributed by atoms with Gasteiger partial charge in [0.2, 0.25) is 0 Å². The van der Waals surface area contributed by atoms with Crippen LogP contribution in [0.5, 0.6) is 0 Å². The largest absolute Gasteiger partial charge is 0.309 e. The third kappa shape index (κ3) is 5.40.